The number of amidine groups is 1. The average molecular weight is 538 g/mol. The third-order valence-electron chi connectivity index (χ3n) is 6.49. The Balaban J connectivity index is 0.00000171. The number of benzene rings is 3. The van der Waals surface area contributed by atoms with E-state index in [2.05, 4.69) is 5.32 Å². The zero-order chi connectivity index (χ0) is 23.2. The maximum atomic E-state index is 12.8. The van der Waals surface area contributed by atoms with E-state index >= 15 is 0 Å². The molecule has 188 valence electrons. The Morgan fingerprint density at radius 2 is 1.74 bits per heavy atom. The molecule has 3 aromatic rings. The van der Waals surface area contributed by atoms with Gasteiger partial charge in [-0.15, -0.1) is 24.8 Å². The molecule has 1 saturated heterocycles. The van der Waals surface area contributed by atoms with Crippen LogP contribution in [0.5, 0.6) is 5.75 Å². The fourth-order valence-electron chi connectivity index (χ4n) is 4.88. The SMILES string of the molecule is CS(=O)(=O)N1c2ccc(OC3CCNCC3)cc2CC1c1ccc2ccc(C(=N)N)cc2c1.Cl.Cl. The molecule has 3 aromatic carbocycles. The molecule has 4 N–H and O–H groups in total. The molecule has 5 rings (SSSR count). The highest BCUT2D eigenvalue weighted by Gasteiger charge is 2.36. The zero-order valence-electron chi connectivity index (χ0n) is 19.4. The molecule has 0 bridgehead atoms. The molecule has 35 heavy (non-hydrogen) atoms. The number of rotatable bonds is 5. The van der Waals surface area contributed by atoms with Gasteiger partial charge in [0.1, 0.15) is 17.7 Å². The second kappa shape index (κ2) is 10.6. The summed E-state index contributed by atoms with van der Waals surface area (Å²) in [6.45, 7) is 1.90. The molecule has 1 atom stereocenters. The Hall–Kier alpha value is -2.52. The Bertz CT molecular complexity index is 1340. The van der Waals surface area contributed by atoms with Crippen molar-refractivity contribution in [2.45, 2.75) is 31.4 Å². The third kappa shape index (κ3) is 5.51. The summed E-state index contributed by atoms with van der Waals surface area (Å²) in [5, 5.41) is 13.0. The normalized spacial score (nSPS) is 17.9. The quantitative estimate of drug-likeness (QED) is 0.335. The van der Waals surface area contributed by atoms with E-state index in [1.807, 2.05) is 54.6 Å². The highest BCUT2D eigenvalue weighted by Crippen LogP contribution is 2.44. The molecule has 0 aliphatic carbocycles. The lowest BCUT2D eigenvalue weighted by atomic mass is 9.98. The number of anilines is 1. The zero-order valence-corrected chi connectivity index (χ0v) is 21.8. The molecule has 2 aliphatic heterocycles. The summed E-state index contributed by atoms with van der Waals surface area (Å²) in [4.78, 5) is 0. The first-order valence-corrected chi connectivity index (χ1v) is 13.0. The monoisotopic (exact) mass is 536 g/mol. The summed E-state index contributed by atoms with van der Waals surface area (Å²) in [6, 6.07) is 17.0. The van der Waals surface area contributed by atoms with Gasteiger partial charge in [-0.3, -0.25) is 9.71 Å². The summed E-state index contributed by atoms with van der Waals surface area (Å²) in [6.07, 6.45) is 3.94. The molecule has 0 amide bonds. The minimum absolute atomic E-state index is 0. The van der Waals surface area contributed by atoms with Gasteiger partial charge in [0.15, 0.2) is 0 Å². The third-order valence-corrected chi connectivity index (χ3v) is 7.66. The van der Waals surface area contributed by atoms with Crippen LogP contribution < -0.4 is 20.1 Å². The van der Waals surface area contributed by atoms with Gasteiger partial charge in [0, 0.05) is 12.0 Å². The van der Waals surface area contributed by atoms with Gasteiger partial charge in [-0.25, -0.2) is 8.42 Å². The van der Waals surface area contributed by atoms with Crippen molar-refractivity contribution in [3.63, 3.8) is 0 Å². The van der Waals surface area contributed by atoms with Gasteiger partial charge in [0.2, 0.25) is 10.0 Å². The summed E-state index contributed by atoms with van der Waals surface area (Å²) in [5.74, 6) is 0.800. The Morgan fingerprint density at radius 3 is 2.43 bits per heavy atom. The maximum absolute atomic E-state index is 12.8. The number of nitrogen functional groups attached to an aromatic ring is 1. The second-order valence-corrected chi connectivity index (χ2v) is 10.7. The van der Waals surface area contributed by atoms with E-state index in [0.29, 0.717) is 17.7 Å². The predicted octanol–water partition coefficient (Wildman–Crippen LogP) is 4.16. The van der Waals surface area contributed by atoms with E-state index in [9.17, 15) is 8.42 Å². The summed E-state index contributed by atoms with van der Waals surface area (Å²) in [5.41, 5.74) is 8.89. The number of nitrogens with zero attached hydrogens (tertiary/aromatic N) is 1. The number of ether oxygens (including phenoxy) is 1. The fourth-order valence-corrected chi connectivity index (χ4v) is 6.08. The minimum Gasteiger partial charge on any atom is -0.490 e. The van der Waals surface area contributed by atoms with Gasteiger partial charge in [0.25, 0.3) is 0 Å². The molecule has 2 heterocycles. The van der Waals surface area contributed by atoms with Gasteiger partial charge in [0.05, 0.1) is 18.0 Å². The molecule has 10 heteroatoms. The summed E-state index contributed by atoms with van der Waals surface area (Å²) >= 11 is 0. The van der Waals surface area contributed by atoms with Crippen LogP contribution in [0.1, 0.15) is 35.6 Å². The van der Waals surface area contributed by atoms with Crippen molar-refractivity contribution in [3.05, 3.63) is 71.3 Å². The van der Waals surface area contributed by atoms with Crippen molar-refractivity contribution in [1.82, 2.24) is 5.32 Å². The van der Waals surface area contributed by atoms with Gasteiger partial charge in [-0.05, 0) is 78.2 Å². The molecule has 7 nitrogen and oxygen atoms in total. The maximum Gasteiger partial charge on any atom is 0.232 e. The lowest BCUT2D eigenvalue weighted by Crippen LogP contribution is -2.34. The second-order valence-electron chi connectivity index (χ2n) is 8.87. The van der Waals surface area contributed by atoms with E-state index in [4.69, 9.17) is 15.9 Å². The highest BCUT2D eigenvalue weighted by atomic mass is 35.5. The van der Waals surface area contributed by atoms with Crippen molar-refractivity contribution in [2.24, 2.45) is 5.73 Å². The smallest absolute Gasteiger partial charge is 0.232 e. The molecule has 0 saturated carbocycles. The van der Waals surface area contributed by atoms with E-state index < -0.39 is 10.0 Å². The van der Waals surface area contributed by atoms with Crippen LogP contribution in [-0.2, 0) is 16.4 Å². The van der Waals surface area contributed by atoms with E-state index in [0.717, 1.165) is 53.6 Å². The number of fused-ring (bicyclic) bond motifs is 2. The number of nitrogens with two attached hydrogens (primary N) is 1. The molecular formula is C25H30Cl2N4O3S. The largest absolute Gasteiger partial charge is 0.490 e. The van der Waals surface area contributed by atoms with E-state index in [1.165, 1.54) is 10.6 Å². The van der Waals surface area contributed by atoms with Crippen LogP contribution >= 0.6 is 24.8 Å². The fraction of sp³-hybridized carbons (Fsp3) is 0.320. The molecule has 1 unspecified atom stereocenters. The molecule has 2 aliphatic rings. The molecule has 0 radical (unpaired) electrons. The van der Waals surface area contributed by atoms with Gasteiger partial charge < -0.3 is 15.8 Å². The van der Waals surface area contributed by atoms with Crippen LogP contribution in [-0.4, -0.2) is 39.7 Å². The Labute approximate surface area is 218 Å². The molecule has 0 aromatic heterocycles. The van der Waals surface area contributed by atoms with Crippen LogP contribution in [0.15, 0.2) is 54.6 Å². The molecule has 1 fully saturated rings. The Kier molecular flexibility index (Phi) is 8.21. The van der Waals surface area contributed by atoms with Crippen LogP contribution in [0.2, 0.25) is 0 Å². The van der Waals surface area contributed by atoms with Gasteiger partial charge in [-0.2, -0.15) is 0 Å². The summed E-state index contributed by atoms with van der Waals surface area (Å²) in [7, 11) is -3.50. The number of piperidine rings is 1. The first kappa shape index (κ1) is 27.1. The molecular weight excluding hydrogens is 507 g/mol. The van der Waals surface area contributed by atoms with Crippen molar-refractivity contribution < 1.29 is 13.2 Å². The van der Waals surface area contributed by atoms with Crippen molar-refractivity contribution in [2.75, 3.05) is 23.7 Å². The highest BCUT2D eigenvalue weighted by molar-refractivity contribution is 7.92. The van der Waals surface area contributed by atoms with Crippen molar-refractivity contribution in [1.29, 1.82) is 5.41 Å². The lowest BCUT2D eigenvalue weighted by molar-refractivity contribution is 0.162. The first-order valence-electron chi connectivity index (χ1n) is 11.2. The van der Waals surface area contributed by atoms with Crippen LogP contribution in [0.25, 0.3) is 10.8 Å². The van der Waals surface area contributed by atoms with Crippen LogP contribution in [0.4, 0.5) is 5.69 Å². The number of hydrogen-bond acceptors (Lipinski definition) is 5. The Morgan fingerprint density at radius 1 is 1.03 bits per heavy atom. The number of sulfonamides is 1. The van der Waals surface area contributed by atoms with Gasteiger partial charge >= 0.3 is 0 Å². The topological polar surface area (TPSA) is 109 Å². The number of nitrogens with one attached hydrogen (secondary N) is 2. The minimum atomic E-state index is -3.50. The van der Waals surface area contributed by atoms with E-state index in [1.54, 1.807) is 0 Å². The van der Waals surface area contributed by atoms with Crippen LogP contribution in [0, 0.1) is 5.41 Å². The van der Waals surface area contributed by atoms with Crippen LogP contribution in [0.3, 0.4) is 0 Å². The van der Waals surface area contributed by atoms with Crippen molar-refractivity contribution in [3.8, 4) is 5.75 Å². The molecule has 0 spiro atoms. The standard InChI is InChI=1S/C25H28N4O3S.2ClH/c1-33(30,31)29-23-7-6-22(32-21-8-10-28-11-9-21)14-20(23)15-24(29)17-4-2-16-3-5-18(25(26)27)13-19(16)12-17;;/h2-7,12-14,21,24,28H,8-11,15H2,1H3,(H3,26,27);2*1H. The lowest BCUT2D eigenvalue weighted by Gasteiger charge is -2.26. The van der Waals surface area contributed by atoms with E-state index in [-0.39, 0.29) is 42.8 Å². The van der Waals surface area contributed by atoms with Gasteiger partial charge in [-0.1, -0.05) is 24.3 Å². The number of halogens is 2. The average Bonchev–Trinajstić information content (AvgIpc) is 3.18. The first-order chi connectivity index (χ1) is 15.8. The summed E-state index contributed by atoms with van der Waals surface area (Å²) < 4.78 is 33.4. The number of hydrogen-bond donors (Lipinski definition) is 3. The predicted molar refractivity (Wildman–Crippen MR) is 146 cm³/mol. The van der Waals surface area contributed by atoms with Crippen molar-refractivity contribution >= 4 is 57.1 Å².